The summed E-state index contributed by atoms with van der Waals surface area (Å²) < 4.78 is 1.20. The highest BCUT2D eigenvalue weighted by molar-refractivity contribution is 6.05. The molecule has 0 spiro atoms. The van der Waals surface area contributed by atoms with Gasteiger partial charge >= 0.3 is 0 Å². The fraction of sp³-hybridized carbons (Fsp3) is 0.261. The van der Waals surface area contributed by atoms with Crippen LogP contribution in [0.1, 0.15) is 51.7 Å². The van der Waals surface area contributed by atoms with Gasteiger partial charge in [-0.1, -0.05) is 30.3 Å². The van der Waals surface area contributed by atoms with E-state index in [9.17, 15) is 19.2 Å². The third kappa shape index (κ3) is 4.85. The van der Waals surface area contributed by atoms with Gasteiger partial charge in [0.2, 0.25) is 5.91 Å². The molecular formula is C23H24N4O4. The van der Waals surface area contributed by atoms with Crippen LogP contribution in [0, 0.1) is 13.8 Å². The van der Waals surface area contributed by atoms with Gasteiger partial charge in [0, 0.05) is 30.3 Å². The summed E-state index contributed by atoms with van der Waals surface area (Å²) in [4.78, 5) is 49.4. The first kappa shape index (κ1) is 21.9. The molecule has 1 aromatic heterocycles. The lowest BCUT2D eigenvalue weighted by atomic mass is 10.0. The first-order valence-corrected chi connectivity index (χ1v) is 10.0. The number of benzene rings is 2. The van der Waals surface area contributed by atoms with E-state index in [-0.39, 0.29) is 29.9 Å². The highest BCUT2D eigenvalue weighted by Gasteiger charge is 2.17. The summed E-state index contributed by atoms with van der Waals surface area (Å²) in [6.45, 7) is 5.94. The highest BCUT2D eigenvalue weighted by Crippen LogP contribution is 2.14. The Kier molecular flexibility index (Phi) is 6.59. The van der Waals surface area contributed by atoms with Crippen molar-refractivity contribution in [2.45, 2.75) is 40.2 Å². The number of aryl methyl sites for hydroxylation is 3. The Labute approximate surface area is 179 Å². The third-order valence-electron chi connectivity index (χ3n) is 5.11. The van der Waals surface area contributed by atoms with Gasteiger partial charge in [0.25, 0.3) is 11.5 Å². The number of hydrogen-bond donors (Lipinski definition) is 2. The number of amides is 2. The molecule has 8 nitrogen and oxygen atoms in total. The number of nitrogens with zero attached hydrogens (tertiary/aromatic N) is 2. The van der Waals surface area contributed by atoms with E-state index in [1.807, 2.05) is 19.9 Å². The van der Waals surface area contributed by atoms with E-state index in [1.165, 1.54) is 4.68 Å². The molecule has 31 heavy (non-hydrogen) atoms. The molecule has 8 heteroatoms. The quantitative estimate of drug-likeness (QED) is 0.470. The maximum Gasteiger partial charge on any atom is 0.290 e. The van der Waals surface area contributed by atoms with Gasteiger partial charge in [-0.25, -0.2) is 4.68 Å². The normalized spacial score (nSPS) is 10.7. The lowest BCUT2D eigenvalue weighted by Gasteiger charge is -2.11. The van der Waals surface area contributed by atoms with Gasteiger partial charge in [0.15, 0.2) is 11.5 Å². The number of aromatic nitrogens is 2. The SMILES string of the molecule is CCn1nc(C(=O)NNC(=O)CCC(=O)c2ccc(C)c(C)c2)c2ccccc2c1=O. The molecule has 0 atom stereocenters. The molecule has 3 aromatic rings. The molecule has 0 aliphatic carbocycles. The first-order chi connectivity index (χ1) is 14.8. The molecule has 1 heterocycles. The number of carbonyl (C=O) groups excluding carboxylic acids is 3. The average Bonchev–Trinajstić information content (AvgIpc) is 2.78. The van der Waals surface area contributed by atoms with Crippen LogP contribution in [0.5, 0.6) is 0 Å². The molecular weight excluding hydrogens is 396 g/mol. The summed E-state index contributed by atoms with van der Waals surface area (Å²) in [5.41, 5.74) is 7.02. The second-order valence-corrected chi connectivity index (χ2v) is 7.24. The second-order valence-electron chi connectivity index (χ2n) is 7.24. The zero-order valence-corrected chi connectivity index (χ0v) is 17.7. The molecule has 2 N–H and O–H groups in total. The number of fused-ring (bicyclic) bond motifs is 1. The van der Waals surface area contributed by atoms with Crippen molar-refractivity contribution in [3.8, 4) is 0 Å². The molecule has 0 fully saturated rings. The van der Waals surface area contributed by atoms with E-state index in [2.05, 4.69) is 16.0 Å². The average molecular weight is 420 g/mol. The molecule has 0 bridgehead atoms. The minimum absolute atomic E-state index is 0.0199. The van der Waals surface area contributed by atoms with Gasteiger partial charge in [0.05, 0.1) is 5.39 Å². The topological polar surface area (TPSA) is 110 Å². The van der Waals surface area contributed by atoms with Crippen molar-refractivity contribution in [2.75, 3.05) is 0 Å². The Hall–Kier alpha value is -3.81. The summed E-state index contributed by atoms with van der Waals surface area (Å²) in [5.74, 6) is -1.29. The van der Waals surface area contributed by atoms with Crippen molar-refractivity contribution in [3.05, 3.63) is 75.2 Å². The van der Waals surface area contributed by atoms with Crippen LogP contribution in [0.15, 0.2) is 47.3 Å². The van der Waals surface area contributed by atoms with Crippen molar-refractivity contribution in [2.24, 2.45) is 0 Å². The highest BCUT2D eigenvalue weighted by atomic mass is 16.2. The van der Waals surface area contributed by atoms with Crippen molar-refractivity contribution < 1.29 is 14.4 Å². The molecule has 2 aromatic carbocycles. The van der Waals surface area contributed by atoms with Crippen LogP contribution >= 0.6 is 0 Å². The lowest BCUT2D eigenvalue weighted by molar-refractivity contribution is -0.121. The van der Waals surface area contributed by atoms with E-state index in [0.29, 0.717) is 22.9 Å². The van der Waals surface area contributed by atoms with Crippen molar-refractivity contribution in [1.82, 2.24) is 20.6 Å². The van der Waals surface area contributed by atoms with Crippen molar-refractivity contribution in [3.63, 3.8) is 0 Å². The van der Waals surface area contributed by atoms with E-state index in [1.54, 1.807) is 43.3 Å². The van der Waals surface area contributed by atoms with Crippen molar-refractivity contribution in [1.29, 1.82) is 0 Å². The monoisotopic (exact) mass is 420 g/mol. The third-order valence-corrected chi connectivity index (χ3v) is 5.11. The zero-order chi connectivity index (χ0) is 22.5. The smallest absolute Gasteiger partial charge is 0.290 e. The van der Waals surface area contributed by atoms with Crippen LogP contribution in [0.4, 0.5) is 0 Å². The first-order valence-electron chi connectivity index (χ1n) is 10.0. The predicted octanol–water partition coefficient (Wildman–Crippen LogP) is 2.46. The zero-order valence-electron chi connectivity index (χ0n) is 17.7. The molecule has 3 rings (SSSR count). The molecule has 0 aliphatic heterocycles. The maximum atomic E-state index is 12.6. The number of ketones is 1. The van der Waals surface area contributed by atoms with Gasteiger partial charge in [-0.05, 0) is 44.0 Å². The Morgan fingerprint density at radius 2 is 1.65 bits per heavy atom. The lowest BCUT2D eigenvalue weighted by Crippen LogP contribution is -2.42. The molecule has 0 saturated heterocycles. The van der Waals surface area contributed by atoms with Crippen molar-refractivity contribution >= 4 is 28.4 Å². The Bertz CT molecular complexity index is 1230. The summed E-state index contributed by atoms with van der Waals surface area (Å²) in [6, 6.07) is 12.1. The molecule has 2 amide bonds. The Morgan fingerprint density at radius 3 is 2.32 bits per heavy atom. The minimum atomic E-state index is -0.646. The Balaban J connectivity index is 1.64. The van der Waals surface area contributed by atoms with Crippen LogP contribution in [0.3, 0.4) is 0 Å². The van der Waals surface area contributed by atoms with E-state index in [4.69, 9.17) is 0 Å². The van der Waals surface area contributed by atoms with Crippen LogP contribution < -0.4 is 16.4 Å². The summed E-state index contributed by atoms with van der Waals surface area (Å²) in [6.07, 6.45) is -0.0548. The predicted molar refractivity (Wildman–Crippen MR) is 117 cm³/mol. The number of hydrogen-bond acceptors (Lipinski definition) is 5. The van der Waals surface area contributed by atoms with Gasteiger partial charge in [-0.2, -0.15) is 5.10 Å². The van der Waals surface area contributed by atoms with E-state index in [0.717, 1.165) is 11.1 Å². The summed E-state index contributed by atoms with van der Waals surface area (Å²) in [5, 5.41) is 4.88. The van der Waals surface area contributed by atoms with Crippen LogP contribution in [0.25, 0.3) is 10.8 Å². The molecule has 0 radical (unpaired) electrons. The van der Waals surface area contributed by atoms with Gasteiger partial charge in [-0.3, -0.25) is 30.0 Å². The number of Topliss-reactive ketones (excluding diaryl/α,β-unsaturated/α-hetero) is 1. The largest absolute Gasteiger partial charge is 0.294 e. The molecule has 0 unspecified atom stereocenters. The van der Waals surface area contributed by atoms with E-state index < -0.39 is 11.8 Å². The van der Waals surface area contributed by atoms with Crippen LogP contribution in [-0.2, 0) is 11.3 Å². The van der Waals surface area contributed by atoms with Crippen LogP contribution in [0.2, 0.25) is 0 Å². The minimum Gasteiger partial charge on any atom is -0.294 e. The molecule has 0 saturated carbocycles. The summed E-state index contributed by atoms with van der Waals surface area (Å²) in [7, 11) is 0. The fourth-order valence-electron chi connectivity index (χ4n) is 3.15. The standard InChI is InChI=1S/C23H24N4O4/c1-4-27-23(31)18-8-6-5-7-17(18)21(26-27)22(30)25-24-20(29)12-11-19(28)16-10-9-14(2)15(3)13-16/h5-10,13H,4,11-12H2,1-3H3,(H,24,29)(H,25,30). The Morgan fingerprint density at radius 1 is 0.935 bits per heavy atom. The molecule has 160 valence electrons. The van der Waals surface area contributed by atoms with Gasteiger partial charge < -0.3 is 0 Å². The van der Waals surface area contributed by atoms with Gasteiger partial charge in [-0.15, -0.1) is 0 Å². The van der Waals surface area contributed by atoms with E-state index >= 15 is 0 Å². The fourth-order valence-corrected chi connectivity index (χ4v) is 3.15. The van der Waals surface area contributed by atoms with Gasteiger partial charge in [0.1, 0.15) is 0 Å². The maximum absolute atomic E-state index is 12.6. The number of nitrogens with one attached hydrogen (secondary N) is 2. The number of rotatable bonds is 6. The second kappa shape index (κ2) is 9.34. The van der Waals surface area contributed by atoms with Crippen LogP contribution in [-0.4, -0.2) is 27.4 Å². The molecule has 0 aliphatic rings. The number of hydrazine groups is 1. The number of carbonyl (C=O) groups is 3. The summed E-state index contributed by atoms with van der Waals surface area (Å²) >= 11 is 0.